The van der Waals surface area contributed by atoms with Gasteiger partial charge in [-0.1, -0.05) is 26.2 Å². The lowest BCUT2D eigenvalue weighted by Gasteiger charge is -2.27. The van der Waals surface area contributed by atoms with Crippen LogP contribution in [0.5, 0.6) is 0 Å². The molecule has 0 aliphatic heterocycles. The van der Waals surface area contributed by atoms with Crippen LogP contribution in [-0.4, -0.2) is 14.9 Å². The number of aliphatic hydroxyl groups excluding tert-OH is 1. The van der Waals surface area contributed by atoms with E-state index < -0.39 is 0 Å². The van der Waals surface area contributed by atoms with Gasteiger partial charge < -0.3 is 5.11 Å². The highest BCUT2D eigenvalue weighted by Crippen LogP contribution is 2.34. The first-order valence-corrected chi connectivity index (χ1v) is 6.49. The van der Waals surface area contributed by atoms with Crippen molar-refractivity contribution in [3.63, 3.8) is 0 Å². The number of aliphatic hydroxyl groups is 1. The number of rotatable bonds is 5. The van der Waals surface area contributed by atoms with Crippen molar-refractivity contribution in [2.24, 2.45) is 5.92 Å². The van der Waals surface area contributed by atoms with Gasteiger partial charge in [0.15, 0.2) is 0 Å². The van der Waals surface area contributed by atoms with Crippen LogP contribution in [0.25, 0.3) is 0 Å². The molecule has 2 rings (SSSR count). The first-order chi connectivity index (χ1) is 7.74. The zero-order chi connectivity index (χ0) is 11.5. The summed E-state index contributed by atoms with van der Waals surface area (Å²) in [7, 11) is 0. The Morgan fingerprint density at radius 1 is 1.50 bits per heavy atom. The molecule has 16 heavy (non-hydrogen) atoms. The van der Waals surface area contributed by atoms with E-state index in [1.54, 1.807) is 0 Å². The summed E-state index contributed by atoms with van der Waals surface area (Å²) in [5.74, 6) is 0.736. The quantitative estimate of drug-likeness (QED) is 0.831. The van der Waals surface area contributed by atoms with E-state index in [-0.39, 0.29) is 6.10 Å². The van der Waals surface area contributed by atoms with Crippen molar-refractivity contribution in [1.82, 2.24) is 9.78 Å². The van der Waals surface area contributed by atoms with Crippen LogP contribution in [0.15, 0.2) is 6.07 Å². The third kappa shape index (κ3) is 2.29. The molecule has 0 amide bonds. The molecule has 0 spiro atoms. The zero-order valence-corrected chi connectivity index (χ0v) is 10.3. The van der Waals surface area contributed by atoms with Gasteiger partial charge in [-0.25, -0.2) is 0 Å². The largest absolute Gasteiger partial charge is 0.387 e. The third-order valence-electron chi connectivity index (χ3n) is 3.65. The van der Waals surface area contributed by atoms with Crippen LogP contribution in [-0.2, 0) is 13.0 Å². The van der Waals surface area contributed by atoms with Crippen molar-refractivity contribution >= 4 is 0 Å². The number of hydrogen-bond donors (Lipinski definition) is 1. The number of aromatic nitrogens is 2. The predicted molar refractivity (Wildman–Crippen MR) is 64.2 cm³/mol. The van der Waals surface area contributed by atoms with E-state index >= 15 is 0 Å². The molecule has 3 heteroatoms. The Hall–Kier alpha value is -0.830. The van der Waals surface area contributed by atoms with Crippen molar-refractivity contribution in [3.8, 4) is 0 Å². The van der Waals surface area contributed by atoms with Gasteiger partial charge in [0, 0.05) is 6.54 Å². The van der Waals surface area contributed by atoms with Crippen molar-refractivity contribution in [3.05, 3.63) is 17.5 Å². The van der Waals surface area contributed by atoms with Gasteiger partial charge in [-0.2, -0.15) is 5.10 Å². The van der Waals surface area contributed by atoms with Gasteiger partial charge in [0.1, 0.15) is 0 Å². The Morgan fingerprint density at radius 2 is 2.25 bits per heavy atom. The minimum atomic E-state index is -0.321. The molecule has 1 atom stereocenters. The van der Waals surface area contributed by atoms with E-state index in [0.717, 1.165) is 36.7 Å². The highest BCUT2D eigenvalue weighted by molar-refractivity contribution is 5.13. The van der Waals surface area contributed by atoms with Gasteiger partial charge in [0.05, 0.1) is 17.5 Å². The first-order valence-electron chi connectivity index (χ1n) is 6.49. The van der Waals surface area contributed by atoms with Gasteiger partial charge >= 0.3 is 0 Å². The molecule has 1 aliphatic rings. The van der Waals surface area contributed by atoms with Gasteiger partial charge in [-0.05, 0) is 31.7 Å². The first kappa shape index (κ1) is 11.6. The molecular weight excluding hydrogens is 200 g/mol. The molecule has 1 fully saturated rings. The van der Waals surface area contributed by atoms with Crippen molar-refractivity contribution < 1.29 is 5.11 Å². The summed E-state index contributed by atoms with van der Waals surface area (Å²) in [6.07, 6.45) is 5.45. The summed E-state index contributed by atoms with van der Waals surface area (Å²) < 4.78 is 1.95. The standard InChI is InChI=1S/C13H22N2O/c1-3-11-9-12(15(4-2)14-11)13(16)8-10-6-5-7-10/h9-10,13,16H,3-8H2,1-2H3. The van der Waals surface area contributed by atoms with Gasteiger partial charge in [0.2, 0.25) is 0 Å². The Balaban J connectivity index is 2.07. The van der Waals surface area contributed by atoms with Crippen LogP contribution in [0.3, 0.4) is 0 Å². The van der Waals surface area contributed by atoms with E-state index in [9.17, 15) is 5.11 Å². The SMILES string of the molecule is CCc1cc(C(O)CC2CCC2)n(CC)n1. The van der Waals surface area contributed by atoms with Crippen LogP contribution >= 0.6 is 0 Å². The average Bonchev–Trinajstić information content (AvgIpc) is 2.66. The summed E-state index contributed by atoms with van der Waals surface area (Å²) in [5.41, 5.74) is 2.09. The maximum atomic E-state index is 10.2. The second-order valence-corrected chi connectivity index (χ2v) is 4.78. The lowest BCUT2D eigenvalue weighted by atomic mass is 9.81. The molecule has 0 saturated heterocycles. The Kier molecular flexibility index (Phi) is 3.64. The van der Waals surface area contributed by atoms with E-state index in [1.165, 1.54) is 19.3 Å². The molecule has 1 saturated carbocycles. The number of aryl methyl sites for hydroxylation is 2. The molecule has 90 valence electrons. The van der Waals surface area contributed by atoms with E-state index in [2.05, 4.69) is 25.0 Å². The Bertz CT molecular complexity index is 342. The molecule has 3 nitrogen and oxygen atoms in total. The van der Waals surface area contributed by atoms with E-state index in [0.29, 0.717) is 0 Å². The van der Waals surface area contributed by atoms with Crippen LogP contribution < -0.4 is 0 Å². The molecule has 1 aromatic rings. The Morgan fingerprint density at radius 3 is 2.75 bits per heavy atom. The predicted octanol–water partition coefficient (Wildman–Crippen LogP) is 2.69. The maximum absolute atomic E-state index is 10.2. The molecular formula is C13H22N2O. The van der Waals surface area contributed by atoms with Crippen molar-refractivity contribution in [2.75, 3.05) is 0 Å². The van der Waals surface area contributed by atoms with Gasteiger partial charge in [-0.15, -0.1) is 0 Å². The summed E-state index contributed by atoms with van der Waals surface area (Å²) >= 11 is 0. The molecule has 0 radical (unpaired) electrons. The van der Waals surface area contributed by atoms with E-state index in [4.69, 9.17) is 0 Å². The number of nitrogens with zero attached hydrogens (tertiary/aromatic N) is 2. The second-order valence-electron chi connectivity index (χ2n) is 4.78. The second kappa shape index (κ2) is 5.00. The fourth-order valence-electron chi connectivity index (χ4n) is 2.35. The van der Waals surface area contributed by atoms with Crippen LogP contribution in [0, 0.1) is 5.92 Å². The zero-order valence-electron chi connectivity index (χ0n) is 10.3. The van der Waals surface area contributed by atoms with Crippen LogP contribution in [0.1, 0.15) is 57.0 Å². The molecule has 1 aliphatic carbocycles. The summed E-state index contributed by atoms with van der Waals surface area (Å²) in [4.78, 5) is 0. The molecule has 0 aromatic carbocycles. The smallest absolute Gasteiger partial charge is 0.0959 e. The van der Waals surface area contributed by atoms with Crippen LogP contribution in [0.4, 0.5) is 0 Å². The van der Waals surface area contributed by atoms with E-state index in [1.807, 2.05) is 4.68 Å². The fourth-order valence-corrected chi connectivity index (χ4v) is 2.35. The topological polar surface area (TPSA) is 38.0 Å². The normalized spacial score (nSPS) is 18.4. The fraction of sp³-hybridized carbons (Fsp3) is 0.769. The van der Waals surface area contributed by atoms with Crippen LogP contribution in [0.2, 0.25) is 0 Å². The maximum Gasteiger partial charge on any atom is 0.0959 e. The molecule has 1 aromatic heterocycles. The minimum Gasteiger partial charge on any atom is -0.387 e. The monoisotopic (exact) mass is 222 g/mol. The molecule has 1 heterocycles. The lowest BCUT2D eigenvalue weighted by Crippen LogP contribution is -2.17. The summed E-state index contributed by atoms with van der Waals surface area (Å²) in [6, 6.07) is 2.06. The van der Waals surface area contributed by atoms with Gasteiger partial charge in [-0.3, -0.25) is 4.68 Å². The minimum absolute atomic E-state index is 0.321. The molecule has 1 unspecified atom stereocenters. The highest BCUT2D eigenvalue weighted by atomic mass is 16.3. The highest BCUT2D eigenvalue weighted by Gasteiger charge is 2.23. The number of hydrogen-bond acceptors (Lipinski definition) is 2. The lowest BCUT2D eigenvalue weighted by molar-refractivity contribution is 0.110. The molecule has 0 bridgehead atoms. The molecule has 1 N–H and O–H groups in total. The Labute approximate surface area is 97.5 Å². The van der Waals surface area contributed by atoms with Gasteiger partial charge in [0.25, 0.3) is 0 Å². The average molecular weight is 222 g/mol. The summed E-state index contributed by atoms with van der Waals surface area (Å²) in [5, 5.41) is 14.7. The van der Waals surface area contributed by atoms with Crippen molar-refractivity contribution in [2.45, 2.75) is 58.6 Å². The third-order valence-corrected chi connectivity index (χ3v) is 3.65. The van der Waals surface area contributed by atoms with Crippen molar-refractivity contribution in [1.29, 1.82) is 0 Å². The summed E-state index contributed by atoms with van der Waals surface area (Å²) in [6.45, 7) is 5.02.